The summed E-state index contributed by atoms with van der Waals surface area (Å²) in [6.07, 6.45) is 8.00. The number of nitrogens with one attached hydrogen (secondary N) is 1. The van der Waals surface area contributed by atoms with E-state index in [-0.39, 0.29) is 29.4 Å². The summed E-state index contributed by atoms with van der Waals surface area (Å²) in [6.45, 7) is 1.65. The Labute approximate surface area is 234 Å². The highest BCUT2D eigenvalue weighted by Crippen LogP contribution is 2.22. The molecule has 0 bridgehead atoms. The first-order valence-corrected chi connectivity index (χ1v) is 13.5. The number of ether oxygens (including phenoxy) is 2. The summed E-state index contributed by atoms with van der Waals surface area (Å²) in [5.74, 6) is 0.740. The Kier molecular flexibility index (Phi) is 8.94. The molecular formula is C33H33N3O4. The van der Waals surface area contributed by atoms with Gasteiger partial charge in [0.15, 0.2) is 11.4 Å². The molecule has 0 spiro atoms. The number of hydrogen-bond donors (Lipinski definition) is 1. The van der Waals surface area contributed by atoms with Crippen LogP contribution in [0.1, 0.15) is 40.0 Å². The van der Waals surface area contributed by atoms with Crippen LogP contribution < -0.4 is 20.3 Å². The molecular weight excluding hydrogens is 502 g/mol. The molecule has 0 radical (unpaired) electrons. The van der Waals surface area contributed by atoms with Gasteiger partial charge in [-0.1, -0.05) is 91.0 Å². The molecule has 204 valence electrons. The van der Waals surface area contributed by atoms with Crippen LogP contribution in [-0.4, -0.2) is 35.3 Å². The molecule has 7 nitrogen and oxygen atoms in total. The summed E-state index contributed by atoms with van der Waals surface area (Å²) >= 11 is 0. The molecule has 0 saturated carbocycles. The zero-order valence-corrected chi connectivity index (χ0v) is 22.4. The van der Waals surface area contributed by atoms with Crippen molar-refractivity contribution in [1.29, 1.82) is 0 Å². The van der Waals surface area contributed by atoms with Crippen LogP contribution in [0.4, 0.5) is 0 Å². The normalized spacial score (nSPS) is 12.7. The monoisotopic (exact) mass is 535 g/mol. The van der Waals surface area contributed by atoms with Crippen molar-refractivity contribution in [1.82, 2.24) is 9.58 Å². The molecule has 1 amide bonds. The molecule has 3 aromatic carbocycles. The van der Waals surface area contributed by atoms with Gasteiger partial charge < -0.3 is 19.8 Å². The van der Waals surface area contributed by atoms with Gasteiger partial charge in [-0.3, -0.25) is 14.3 Å². The molecule has 0 saturated heterocycles. The largest absolute Gasteiger partial charge is 0.493 e. The summed E-state index contributed by atoms with van der Waals surface area (Å²) in [6, 6.07) is 29.5. The molecule has 5 rings (SSSR count). The van der Waals surface area contributed by atoms with E-state index in [2.05, 4.69) is 47.9 Å². The molecule has 1 aliphatic rings. The number of pyridine rings is 1. The lowest BCUT2D eigenvalue weighted by atomic mass is 10.0. The zero-order valence-electron chi connectivity index (χ0n) is 22.4. The van der Waals surface area contributed by atoms with Crippen molar-refractivity contribution in [2.24, 2.45) is 0 Å². The number of fused-ring (bicyclic) bond motifs is 1. The van der Waals surface area contributed by atoms with Crippen molar-refractivity contribution in [3.05, 3.63) is 142 Å². The third kappa shape index (κ3) is 6.80. The molecule has 4 aromatic rings. The minimum Gasteiger partial charge on any atom is -0.493 e. The van der Waals surface area contributed by atoms with Gasteiger partial charge in [0.1, 0.15) is 19.0 Å². The second-order valence-corrected chi connectivity index (χ2v) is 9.55. The lowest BCUT2D eigenvalue weighted by molar-refractivity contribution is 0.0722. The minimum absolute atomic E-state index is 0.0637. The van der Waals surface area contributed by atoms with Gasteiger partial charge in [0.2, 0.25) is 5.43 Å². The second-order valence-electron chi connectivity index (χ2n) is 9.55. The van der Waals surface area contributed by atoms with Gasteiger partial charge in [0, 0.05) is 25.2 Å². The lowest BCUT2D eigenvalue weighted by Crippen LogP contribution is -2.46. The van der Waals surface area contributed by atoms with Crippen molar-refractivity contribution < 1.29 is 14.3 Å². The van der Waals surface area contributed by atoms with Crippen molar-refractivity contribution in [3.8, 4) is 11.5 Å². The first kappa shape index (κ1) is 26.8. The van der Waals surface area contributed by atoms with Crippen LogP contribution in [0.3, 0.4) is 0 Å². The van der Waals surface area contributed by atoms with E-state index in [0.717, 1.165) is 24.2 Å². The maximum absolute atomic E-state index is 13.3. The number of hydrogen-bond acceptors (Lipinski definition) is 5. The van der Waals surface area contributed by atoms with Gasteiger partial charge >= 0.3 is 0 Å². The Morgan fingerprint density at radius 1 is 0.775 bits per heavy atom. The SMILES string of the molecule is O=C1c2c(OCc3ccccc3)c(=O)ccn2NCN1CC/C=C/CCOc1ccccc1Cc1ccccc1. The molecule has 1 N–H and O–H groups in total. The first-order chi connectivity index (χ1) is 19.7. The Hall–Kier alpha value is -4.78. The van der Waals surface area contributed by atoms with Crippen LogP contribution in [0.15, 0.2) is 114 Å². The van der Waals surface area contributed by atoms with E-state index in [1.807, 2.05) is 54.6 Å². The van der Waals surface area contributed by atoms with Crippen LogP contribution in [0.25, 0.3) is 0 Å². The number of nitrogens with zero attached hydrogens (tertiary/aromatic N) is 2. The average Bonchev–Trinajstić information content (AvgIpc) is 2.99. The number of para-hydroxylation sites is 1. The predicted octanol–water partition coefficient (Wildman–Crippen LogP) is 5.39. The smallest absolute Gasteiger partial charge is 0.277 e. The van der Waals surface area contributed by atoms with Crippen molar-refractivity contribution in [3.63, 3.8) is 0 Å². The number of carbonyl (C=O) groups excluding carboxylic acids is 1. The van der Waals surface area contributed by atoms with Gasteiger partial charge in [-0.05, 0) is 35.6 Å². The quantitative estimate of drug-likeness (QED) is 0.195. The maximum atomic E-state index is 13.3. The molecule has 7 heteroatoms. The van der Waals surface area contributed by atoms with Crippen LogP contribution in [0, 0.1) is 0 Å². The first-order valence-electron chi connectivity index (χ1n) is 13.5. The topological polar surface area (TPSA) is 72.8 Å². The Morgan fingerprint density at radius 3 is 2.27 bits per heavy atom. The highest BCUT2D eigenvalue weighted by atomic mass is 16.5. The summed E-state index contributed by atoms with van der Waals surface area (Å²) in [5.41, 5.74) is 6.42. The fourth-order valence-electron chi connectivity index (χ4n) is 4.59. The summed E-state index contributed by atoms with van der Waals surface area (Å²) in [5, 5.41) is 0. The van der Waals surface area contributed by atoms with Gasteiger partial charge in [0.05, 0.1) is 6.61 Å². The van der Waals surface area contributed by atoms with Crippen molar-refractivity contribution in [2.45, 2.75) is 25.9 Å². The van der Waals surface area contributed by atoms with E-state index in [1.165, 1.54) is 17.2 Å². The molecule has 0 unspecified atom stereocenters. The fraction of sp³-hybridized carbons (Fsp3) is 0.212. The van der Waals surface area contributed by atoms with Gasteiger partial charge in [0.25, 0.3) is 5.91 Å². The zero-order chi connectivity index (χ0) is 27.6. The number of aromatic nitrogens is 1. The third-order valence-electron chi connectivity index (χ3n) is 6.69. The molecule has 2 heterocycles. The van der Waals surface area contributed by atoms with Crippen LogP contribution >= 0.6 is 0 Å². The van der Waals surface area contributed by atoms with E-state index in [9.17, 15) is 9.59 Å². The van der Waals surface area contributed by atoms with Crippen LogP contribution in [0.2, 0.25) is 0 Å². The second kappa shape index (κ2) is 13.3. The molecule has 0 aliphatic carbocycles. The Morgan fingerprint density at radius 2 is 1.48 bits per heavy atom. The minimum atomic E-state index is -0.315. The van der Waals surface area contributed by atoms with E-state index in [1.54, 1.807) is 15.8 Å². The van der Waals surface area contributed by atoms with E-state index in [0.29, 0.717) is 26.2 Å². The third-order valence-corrected chi connectivity index (χ3v) is 6.69. The predicted molar refractivity (Wildman–Crippen MR) is 156 cm³/mol. The summed E-state index contributed by atoms with van der Waals surface area (Å²) in [7, 11) is 0. The highest BCUT2D eigenvalue weighted by molar-refractivity contribution is 5.96. The number of rotatable bonds is 12. The fourth-order valence-corrected chi connectivity index (χ4v) is 4.59. The molecule has 0 atom stereocenters. The van der Waals surface area contributed by atoms with Gasteiger partial charge in [-0.15, -0.1) is 0 Å². The van der Waals surface area contributed by atoms with Crippen LogP contribution in [-0.2, 0) is 13.0 Å². The standard InChI is InChI=1S/C33H33N3O4/c37-29-19-21-36-31(32(29)40-24-27-15-7-4-8-16-27)33(38)35(25-34-36)20-11-1-2-12-22-39-30-18-10-9-17-28(30)23-26-13-5-3-6-14-26/h1-10,13-19,21,34H,11-12,20,22-25H2/b2-1+. The molecule has 40 heavy (non-hydrogen) atoms. The maximum Gasteiger partial charge on any atom is 0.277 e. The molecule has 1 aromatic heterocycles. The Bertz CT molecular complexity index is 1500. The number of amides is 1. The summed E-state index contributed by atoms with van der Waals surface area (Å²) < 4.78 is 13.5. The van der Waals surface area contributed by atoms with Gasteiger partial charge in [-0.2, -0.15) is 0 Å². The average molecular weight is 536 g/mol. The summed E-state index contributed by atoms with van der Waals surface area (Å²) in [4.78, 5) is 27.6. The van der Waals surface area contributed by atoms with E-state index in [4.69, 9.17) is 9.47 Å². The highest BCUT2D eigenvalue weighted by Gasteiger charge is 2.28. The van der Waals surface area contributed by atoms with Gasteiger partial charge in [-0.25, -0.2) is 0 Å². The lowest BCUT2D eigenvalue weighted by Gasteiger charge is -2.31. The van der Waals surface area contributed by atoms with Crippen LogP contribution in [0.5, 0.6) is 11.5 Å². The molecule has 1 aliphatic heterocycles. The Balaban J connectivity index is 1.11. The van der Waals surface area contributed by atoms with Crippen molar-refractivity contribution >= 4 is 5.91 Å². The van der Waals surface area contributed by atoms with E-state index >= 15 is 0 Å². The van der Waals surface area contributed by atoms with Crippen molar-refractivity contribution in [2.75, 3.05) is 25.2 Å². The molecule has 0 fully saturated rings. The number of carbonyl (C=O) groups is 1. The van der Waals surface area contributed by atoms with E-state index < -0.39 is 0 Å². The number of benzene rings is 3.